The van der Waals surface area contributed by atoms with E-state index in [9.17, 15) is 8.42 Å². The smallest absolute Gasteiger partial charge is 0.240 e. The minimum atomic E-state index is -3.49. The largest absolute Gasteiger partial charge is 0.297 e. The van der Waals surface area contributed by atoms with Crippen LogP contribution in [0.2, 0.25) is 0 Å². The van der Waals surface area contributed by atoms with Gasteiger partial charge < -0.3 is 0 Å². The van der Waals surface area contributed by atoms with Gasteiger partial charge in [-0.3, -0.25) is 9.88 Å². The predicted octanol–water partition coefficient (Wildman–Crippen LogP) is 3.43. The molecule has 28 heavy (non-hydrogen) atoms. The van der Waals surface area contributed by atoms with E-state index >= 15 is 0 Å². The molecule has 0 aliphatic carbocycles. The lowest BCUT2D eigenvalue weighted by Gasteiger charge is -2.31. The van der Waals surface area contributed by atoms with Crippen LogP contribution in [0.25, 0.3) is 10.8 Å². The maximum absolute atomic E-state index is 12.7. The molecule has 1 aromatic heterocycles. The van der Waals surface area contributed by atoms with Gasteiger partial charge in [-0.05, 0) is 66.9 Å². The number of hydrogen-bond acceptors (Lipinski definition) is 4. The van der Waals surface area contributed by atoms with Crippen molar-refractivity contribution in [3.8, 4) is 0 Å². The van der Waals surface area contributed by atoms with Crippen molar-refractivity contribution in [1.29, 1.82) is 0 Å². The molecule has 0 amide bonds. The highest BCUT2D eigenvalue weighted by Crippen LogP contribution is 2.21. The third-order valence-electron chi connectivity index (χ3n) is 5.41. The highest BCUT2D eigenvalue weighted by Gasteiger charge is 2.22. The van der Waals surface area contributed by atoms with E-state index in [1.807, 2.05) is 54.7 Å². The maximum atomic E-state index is 12.7. The van der Waals surface area contributed by atoms with Gasteiger partial charge in [0.25, 0.3) is 0 Å². The van der Waals surface area contributed by atoms with Crippen LogP contribution in [0.4, 0.5) is 0 Å². The fourth-order valence-corrected chi connectivity index (χ4v) is 4.87. The van der Waals surface area contributed by atoms with Gasteiger partial charge >= 0.3 is 0 Å². The lowest BCUT2D eigenvalue weighted by Crippen LogP contribution is -2.38. The van der Waals surface area contributed by atoms with Crippen LogP contribution in [0.1, 0.15) is 18.5 Å². The van der Waals surface area contributed by atoms with Crippen LogP contribution in [0.15, 0.2) is 71.8 Å². The van der Waals surface area contributed by atoms with Gasteiger partial charge in [-0.2, -0.15) is 0 Å². The fraction of sp³-hybridized carbons (Fsp3) is 0.318. The molecule has 4 rings (SSSR count). The number of sulfonamides is 1. The number of nitrogens with zero attached hydrogens (tertiary/aromatic N) is 2. The van der Waals surface area contributed by atoms with E-state index in [1.54, 1.807) is 12.1 Å². The number of benzene rings is 2. The van der Waals surface area contributed by atoms with Gasteiger partial charge in [-0.15, -0.1) is 0 Å². The van der Waals surface area contributed by atoms with Crippen LogP contribution >= 0.6 is 0 Å². The Labute approximate surface area is 166 Å². The first-order valence-corrected chi connectivity index (χ1v) is 11.2. The van der Waals surface area contributed by atoms with Crippen LogP contribution in [-0.4, -0.2) is 37.9 Å². The molecule has 2 heterocycles. The minimum Gasteiger partial charge on any atom is -0.297 e. The van der Waals surface area contributed by atoms with Crippen LogP contribution < -0.4 is 4.72 Å². The Bertz CT molecular complexity index is 1030. The summed E-state index contributed by atoms with van der Waals surface area (Å²) in [6.07, 6.45) is 3.81. The number of piperidine rings is 1. The first-order chi connectivity index (χ1) is 13.6. The Morgan fingerprint density at radius 3 is 2.46 bits per heavy atom. The Balaban J connectivity index is 1.31. The number of hydrogen-bond donors (Lipinski definition) is 1. The third kappa shape index (κ3) is 4.58. The molecule has 3 aromatic rings. The van der Waals surface area contributed by atoms with Crippen LogP contribution in [0.3, 0.4) is 0 Å². The van der Waals surface area contributed by atoms with Gasteiger partial charge in [0.15, 0.2) is 0 Å². The van der Waals surface area contributed by atoms with E-state index < -0.39 is 10.0 Å². The zero-order chi connectivity index (χ0) is 19.4. The summed E-state index contributed by atoms with van der Waals surface area (Å²) in [6.45, 7) is 3.29. The molecule has 1 saturated heterocycles. The van der Waals surface area contributed by atoms with E-state index in [2.05, 4.69) is 14.6 Å². The minimum absolute atomic E-state index is 0.332. The van der Waals surface area contributed by atoms with Crippen LogP contribution in [0.5, 0.6) is 0 Å². The first kappa shape index (κ1) is 19.1. The van der Waals surface area contributed by atoms with Crippen LogP contribution in [0, 0.1) is 5.92 Å². The van der Waals surface area contributed by atoms with Crippen molar-refractivity contribution in [2.24, 2.45) is 5.92 Å². The molecule has 0 atom stereocenters. The average molecular weight is 396 g/mol. The average Bonchev–Trinajstić information content (AvgIpc) is 2.74. The van der Waals surface area contributed by atoms with Crippen molar-refractivity contribution in [2.45, 2.75) is 24.3 Å². The van der Waals surface area contributed by atoms with Crippen molar-refractivity contribution in [1.82, 2.24) is 14.6 Å². The zero-order valence-electron chi connectivity index (χ0n) is 15.8. The normalized spacial score (nSPS) is 16.4. The predicted molar refractivity (Wildman–Crippen MR) is 111 cm³/mol. The van der Waals surface area contributed by atoms with Gasteiger partial charge in [0, 0.05) is 19.3 Å². The molecule has 5 nitrogen and oxygen atoms in total. The lowest BCUT2D eigenvalue weighted by atomic mass is 9.97. The molecule has 1 aliphatic heterocycles. The highest BCUT2D eigenvalue weighted by molar-refractivity contribution is 7.89. The summed E-state index contributed by atoms with van der Waals surface area (Å²) in [5, 5.41) is 1.98. The molecule has 0 bridgehead atoms. The fourth-order valence-electron chi connectivity index (χ4n) is 3.71. The molecule has 2 aromatic carbocycles. The molecule has 1 aliphatic rings. The van der Waals surface area contributed by atoms with Gasteiger partial charge in [0.05, 0.1) is 10.6 Å². The standard InChI is InChI=1S/C22H25N3O2S/c26-28(27,22-9-8-19-5-1-2-6-20(19)15-22)24-16-18-10-13-25(14-11-18)17-21-7-3-4-12-23-21/h1-9,12,15,18,24H,10-11,13-14,16-17H2. The second-order valence-electron chi connectivity index (χ2n) is 7.40. The van der Waals surface area contributed by atoms with Crippen molar-refractivity contribution < 1.29 is 8.42 Å². The first-order valence-electron chi connectivity index (χ1n) is 9.71. The number of likely N-dealkylation sites (tertiary alicyclic amines) is 1. The van der Waals surface area contributed by atoms with E-state index in [0.29, 0.717) is 17.4 Å². The van der Waals surface area contributed by atoms with Crippen molar-refractivity contribution in [2.75, 3.05) is 19.6 Å². The second-order valence-corrected chi connectivity index (χ2v) is 9.17. The summed E-state index contributed by atoms with van der Waals surface area (Å²) < 4.78 is 28.2. The van der Waals surface area contributed by atoms with Crippen molar-refractivity contribution in [3.63, 3.8) is 0 Å². The molecular formula is C22H25N3O2S. The molecule has 6 heteroatoms. The molecule has 146 valence electrons. The second kappa shape index (κ2) is 8.39. The molecule has 1 fully saturated rings. The van der Waals surface area contributed by atoms with Crippen molar-refractivity contribution in [3.05, 3.63) is 72.6 Å². The molecule has 0 radical (unpaired) electrons. The Morgan fingerprint density at radius 1 is 0.964 bits per heavy atom. The number of pyridine rings is 1. The SMILES string of the molecule is O=S(=O)(NCC1CCN(Cc2ccccn2)CC1)c1ccc2ccccc2c1. The van der Waals surface area contributed by atoms with Gasteiger partial charge in [-0.1, -0.05) is 36.4 Å². The molecule has 0 spiro atoms. The summed E-state index contributed by atoms with van der Waals surface area (Å²) in [5.41, 5.74) is 1.08. The number of rotatable bonds is 6. The Hall–Kier alpha value is -2.28. The van der Waals surface area contributed by atoms with E-state index in [4.69, 9.17) is 0 Å². The summed E-state index contributed by atoms with van der Waals surface area (Å²) in [5.74, 6) is 0.371. The number of fused-ring (bicyclic) bond motifs is 1. The van der Waals surface area contributed by atoms with Gasteiger partial charge in [-0.25, -0.2) is 13.1 Å². The monoisotopic (exact) mass is 395 g/mol. The lowest BCUT2D eigenvalue weighted by molar-refractivity contribution is 0.177. The molecular weight excluding hydrogens is 370 g/mol. The van der Waals surface area contributed by atoms with E-state index in [-0.39, 0.29) is 0 Å². The number of nitrogens with one attached hydrogen (secondary N) is 1. The van der Waals surface area contributed by atoms with E-state index in [1.165, 1.54) is 0 Å². The zero-order valence-corrected chi connectivity index (χ0v) is 16.6. The van der Waals surface area contributed by atoms with Crippen LogP contribution in [-0.2, 0) is 16.6 Å². The summed E-state index contributed by atoms with van der Waals surface area (Å²) in [4.78, 5) is 7.10. The summed E-state index contributed by atoms with van der Waals surface area (Å²) in [6, 6.07) is 19.1. The van der Waals surface area contributed by atoms with E-state index in [0.717, 1.165) is 48.9 Å². The maximum Gasteiger partial charge on any atom is 0.240 e. The summed E-state index contributed by atoms with van der Waals surface area (Å²) in [7, 11) is -3.49. The Kier molecular flexibility index (Phi) is 5.71. The molecule has 0 unspecified atom stereocenters. The van der Waals surface area contributed by atoms with Crippen molar-refractivity contribution >= 4 is 20.8 Å². The molecule has 0 saturated carbocycles. The Morgan fingerprint density at radius 2 is 1.71 bits per heavy atom. The quantitative estimate of drug-likeness (QED) is 0.695. The highest BCUT2D eigenvalue weighted by atomic mass is 32.2. The topological polar surface area (TPSA) is 62.3 Å². The van der Waals surface area contributed by atoms with Gasteiger partial charge in [0.1, 0.15) is 0 Å². The van der Waals surface area contributed by atoms with Gasteiger partial charge in [0.2, 0.25) is 10.0 Å². The molecule has 1 N–H and O–H groups in total. The third-order valence-corrected chi connectivity index (χ3v) is 6.83. The number of aromatic nitrogens is 1. The summed E-state index contributed by atoms with van der Waals surface area (Å²) >= 11 is 0.